The summed E-state index contributed by atoms with van der Waals surface area (Å²) >= 11 is 1.92. The Kier molecular flexibility index (Phi) is 7.89. The Labute approximate surface area is 389 Å². The second-order valence-electron chi connectivity index (χ2n) is 18.7. The summed E-state index contributed by atoms with van der Waals surface area (Å²) in [6.07, 6.45) is 0. The van der Waals surface area contributed by atoms with Crippen LogP contribution in [0.15, 0.2) is 224 Å². The summed E-state index contributed by atoms with van der Waals surface area (Å²) in [5.74, 6) is 0. The van der Waals surface area contributed by atoms with E-state index in [-0.39, 0.29) is 5.41 Å². The van der Waals surface area contributed by atoms with Crippen LogP contribution < -0.4 is 4.90 Å². The van der Waals surface area contributed by atoms with Gasteiger partial charge < -0.3 is 4.90 Å². The molecule has 3 aliphatic carbocycles. The van der Waals surface area contributed by atoms with E-state index in [9.17, 15) is 0 Å². The van der Waals surface area contributed by atoms with Crippen molar-refractivity contribution in [1.82, 2.24) is 0 Å². The summed E-state index contributed by atoms with van der Waals surface area (Å²) in [4.78, 5) is 2.49. The van der Waals surface area contributed by atoms with Crippen LogP contribution in [0.2, 0.25) is 0 Å². The van der Waals surface area contributed by atoms with E-state index >= 15 is 0 Å². The van der Waals surface area contributed by atoms with Gasteiger partial charge in [0.15, 0.2) is 0 Å². The number of fused-ring (bicyclic) bond motifs is 17. The largest absolute Gasteiger partial charge is 0.310 e. The molecule has 1 spiro atoms. The molecule has 3 aliphatic rings. The van der Waals surface area contributed by atoms with Crippen LogP contribution >= 0.6 is 11.3 Å². The van der Waals surface area contributed by atoms with E-state index in [0.717, 1.165) is 17.1 Å². The Morgan fingerprint density at radius 1 is 0.348 bits per heavy atom. The monoisotopic (exact) mass is 857 g/mol. The molecule has 0 fully saturated rings. The second kappa shape index (κ2) is 13.9. The van der Waals surface area contributed by atoms with Gasteiger partial charge >= 0.3 is 0 Å². The first kappa shape index (κ1) is 37.6. The zero-order valence-electron chi connectivity index (χ0n) is 36.7. The van der Waals surface area contributed by atoms with Crippen LogP contribution in [0.1, 0.15) is 47.2 Å². The SMILES string of the molecule is CC1(C)c2ccccc2-c2ccc(N(c3ccc(-c4ccccc4)cc3)c3ccc4c(c3)C3(c5ccccc5-4)c4ccccc4-c4c3ccc3sc5c(-c6ccccc6)cccc5c43)cc21. The third-order valence-electron chi connectivity index (χ3n) is 15.1. The number of hydrogen-bond donors (Lipinski definition) is 0. The third kappa shape index (κ3) is 5.05. The van der Waals surface area contributed by atoms with Crippen LogP contribution in [-0.2, 0) is 10.8 Å². The number of benzene rings is 10. The highest BCUT2D eigenvalue weighted by molar-refractivity contribution is 7.26. The van der Waals surface area contributed by atoms with Crippen molar-refractivity contribution in [1.29, 1.82) is 0 Å². The number of hydrogen-bond acceptors (Lipinski definition) is 2. The molecule has 1 nitrogen and oxygen atoms in total. The van der Waals surface area contributed by atoms with E-state index in [1.54, 1.807) is 0 Å². The fraction of sp³-hybridized carbons (Fsp3) is 0.0625. The molecule has 66 heavy (non-hydrogen) atoms. The first-order valence-electron chi connectivity index (χ1n) is 23.1. The normalized spacial score (nSPS) is 15.6. The van der Waals surface area contributed by atoms with Gasteiger partial charge in [-0.25, -0.2) is 0 Å². The fourth-order valence-corrected chi connectivity index (χ4v) is 13.4. The Morgan fingerprint density at radius 2 is 0.864 bits per heavy atom. The average Bonchev–Trinajstić information content (AvgIpc) is 4.07. The molecule has 0 N–H and O–H groups in total. The van der Waals surface area contributed by atoms with Crippen molar-refractivity contribution in [3.05, 3.63) is 258 Å². The molecule has 11 aromatic rings. The number of rotatable bonds is 5. The van der Waals surface area contributed by atoms with E-state index in [4.69, 9.17) is 0 Å². The summed E-state index contributed by atoms with van der Waals surface area (Å²) in [5.41, 5.74) is 23.8. The highest BCUT2D eigenvalue weighted by Gasteiger charge is 2.52. The highest BCUT2D eigenvalue weighted by Crippen LogP contribution is 2.65. The Morgan fingerprint density at radius 3 is 1.58 bits per heavy atom. The quantitative estimate of drug-likeness (QED) is 0.167. The molecule has 0 amide bonds. The van der Waals surface area contributed by atoms with Crippen LogP contribution in [0, 0.1) is 0 Å². The lowest BCUT2D eigenvalue weighted by atomic mass is 9.70. The van der Waals surface area contributed by atoms with Crippen molar-refractivity contribution in [2.45, 2.75) is 24.7 Å². The summed E-state index contributed by atoms with van der Waals surface area (Å²) in [6.45, 7) is 4.75. The van der Waals surface area contributed by atoms with Crippen LogP contribution in [0.25, 0.3) is 75.8 Å². The van der Waals surface area contributed by atoms with Gasteiger partial charge in [0, 0.05) is 42.6 Å². The molecule has 0 aliphatic heterocycles. The molecule has 1 aromatic heterocycles. The summed E-state index contributed by atoms with van der Waals surface area (Å²) in [5, 5.41) is 2.69. The van der Waals surface area contributed by atoms with Crippen LogP contribution in [0.3, 0.4) is 0 Å². The molecule has 1 unspecified atom stereocenters. The van der Waals surface area contributed by atoms with Crippen LogP contribution in [0.5, 0.6) is 0 Å². The van der Waals surface area contributed by atoms with Crippen molar-refractivity contribution in [2.24, 2.45) is 0 Å². The van der Waals surface area contributed by atoms with Crippen molar-refractivity contribution in [3.8, 4) is 55.6 Å². The lowest BCUT2D eigenvalue weighted by Gasteiger charge is -2.32. The summed E-state index contributed by atoms with van der Waals surface area (Å²) in [7, 11) is 0. The molecule has 0 radical (unpaired) electrons. The smallest absolute Gasteiger partial charge is 0.0726 e. The minimum Gasteiger partial charge on any atom is -0.310 e. The third-order valence-corrected chi connectivity index (χ3v) is 16.3. The topological polar surface area (TPSA) is 3.24 Å². The predicted molar refractivity (Wildman–Crippen MR) is 279 cm³/mol. The molecule has 0 saturated carbocycles. The van der Waals surface area contributed by atoms with Gasteiger partial charge in [-0.2, -0.15) is 0 Å². The molecule has 14 rings (SSSR count). The lowest BCUT2D eigenvalue weighted by molar-refractivity contribution is 0.660. The van der Waals surface area contributed by atoms with Gasteiger partial charge in [0.2, 0.25) is 0 Å². The zero-order chi connectivity index (χ0) is 43.7. The zero-order valence-corrected chi connectivity index (χ0v) is 37.5. The lowest BCUT2D eigenvalue weighted by Crippen LogP contribution is -2.26. The molecule has 310 valence electrons. The van der Waals surface area contributed by atoms with E-state index in [1.807, 2.05) is 11.3 Å². The molecular formula is C64H43NS. The summed E-state index contributed by atoms with van der Waals surface area (Å²) in [6, 6.07) is 84.3. The predicted octanol–water partition coefficient (Wildman–Crippen LogP) is 17.5. The van der Waals surface area contributed by atoms with Gasteiger partial charge in [-0.1, -0.05) is 196 Å². The van der Waals surface area contributed by atoms with Crippen molar-refractivity contribution in [3.63, 3.8) is 0 Å². The van der Waals surface area contributed by atoms with Gasteiger partial charge in [0.05, 0.1) is 5.41 Å². The standard InChI is InChI=1S/C64H43NS/c1-63(2)53-25-12-9-20-47(53)49-34-32-44(38-57(49)63)65(43-30-28-41(29-31-43)40-16-5-3-6-17-40)45-33-35-50-48-21-10-13-26-54(48)64(58(50)39-45)55-27-14-11-22-51(55)60-56(64)36-37-59-61(60)52-24-15-23-46(62(52)66-59)42-18-7-4-8-19-42/h3-39H,1-2H3. The number of anilines is 3. The van der Waals surface area contributed by atoms with Gasteiger partial charge in [-0.15, -0.1) is 11.3 Å². The van der Waals surface area contributed by atoms with Crippen molar-refractivity contribution < 1.29 is 0 Å². The Balaban J connectivity index is 1.02. The van der Waals surface area contributed by atoms with Crippen LogP contribution in [0.4, 0.5) is 17.1 Å². The minimum atomic E-state index is -0.516. The Hall–Kier alpha value is -7.78. The van der Waals surface area contributed by atoms with Gasteiger partial charge in [0.25, 0.3) is 0 Å². The van der Waals surface area contributed by atoms with E-state index < -0.39 is 5.41 Å². The molecule has 1 heterocycles. The highest BCUT2D eigenvalue weighted by atomic mass is 32.1. The van der Waals surface area contributed by atoms with Gasteiger partial charge in [-0.05, 0) is 131 Å². The molecular weight excluding hydrogens is 815 g/mol. The first-order chi connectivity index (χ1) is 32.5. The molecule has 1 atom stereocenters. The molecule has 2 heteroatoms. The molecule has 0 saturated heterocycles. The molecule has 0 bridgehead atoms. The number of nitrogens with zero attached hydrogens (tertiary/aromatic N) is 1. The Bertz CT molecular complexity index is 3780. The van der Waals surface area contributed by atoms with E-state index in [0.29, 0.717) is 0 Å². The average molecular weight is 858 g/mol. The summed E-state index contributed by atoms with van der Waals surface area (Å²) < 4.78 is 2.67. The first-order valence-corrected chi connectivity index (χ1v) is 23.9. The van der Waals surface area contributed by atoms with Gasteiger partial charge in [0.1, 0.15) is 0 Å². The van der Waals surface area contributed by atoms with E-state index in [2.05, 4.69) is 243 Å². The second-order valence-corrected chi connectivity index (χ2v) is 19.8. The van der Waals surface area contributed by atoms with Crippen molar-refractivity contribution >= 4 is 48.6 Å². The number of thiophene rings is 1. The maximum Gasteiger partial charge on any atom is 0.0726 e. The maximum absolute atomic E-state index is 2.53. The molecule has 10 aromatic carbocycles. The fourth-order valence-electron chi connectivity index (χ4n) is 12.2. The maximum atomic E-state index is 2.53. The van der Waals surface area contributed by atoms with Gasteiger partial charge in [-0.3, -0.25) is 0 Å². The van der Waals surface area contributed by atoms with Crippen LogP contribution in [-0.4, -0.2) is 0 Å². The van der Waals surface area contributed by atoms with E-state index in [1.165, 1.54) is 109 Å². The minimum absolute atomic E-state index is 0.134. The van der Waals surface area contributed by atoms with Crippen molar-refractivity contribution in [2.75, 3.05) is 4.90 Å².